The Kier molecular flexibility index (Phi) is 5.44. The first kappa shape index (κ1) is 11.9. The highest BCUT2D eigenvalue weighted by molar-refractivity contribution is 7.99. The van der Waals surface area contributed by atoms with Crippen molar-refractivity contribution >= 4 is 23.5 Å². The number of aliphatic hydroxyl groups is 1. The molecule has 0 fully saturated rings. The Hall–Kier alpha value is -0.130. The van der Waals surface area contributed by atoms with Gasteiger partial charge in [0, 0.05) is 12.8 Å². The van der Waals surface area contributed by atoms with Crippen molar-refractivity contribution in [3.05, 3.63) is 11.9 Å². The molecule has 0 atom stereocenters. The maximum atomic E-state index is 8.97. The van der Waals surface area contributed by atoms with Crippen LogP contribution in [0.5, 0.6) is 0 Å². The Labute approximate surface area is 93.3 Å². The SMILES string of the molecule is CSCCCSc1ncc(CO)n1C. The van der Waals surface area contributed by atoms with Crippen molar-refractivity contribution in [1.29, 1.82) is 0 Å². The fourth-order valence-electron chi connectivity index (χ4n) is 1.07. The molecule has 0 spiro atoms. The van der Waals surface area contributed by atoms with Crippen LogP contribution in [0.4, 0.5) is 0 Å². The minimum atomic E-state index is 0.0644. The van der Waals surface area contributed by atoms with Gasteiger partial charge < -0.3 is 9.67 Å². The summed E-state index contributed by atoms with van der Waals surface area (Å²) < 4.78 is 1.95. The standard InChI is InChI=1S/C9H16N2OS2/c1-11-8(7-12)6-10-9(11)14-5-3-4-13-2/h6,12H,3-5,7H2,1-2H3. The highest BCUT2D eigenvalue weighted by Gasteiger charge is 2.04. The zero-order chi connectivity index (χ0) is 10.4. The summed E-state index contributed by atoms with van der Waals surface area (Å²) >= 11 is 3.62. The molecule has 0 bridgehead atoms. The summed E-state index contributed by atoms with van der Waals surface area (Å²) in [4.78, 5) is 4.24. The Balaban J connectivity index is 2.39. The minimum Gasteiger partial charge on any atom is -0.390 e. The van der Waals surface area contributed by atoms with E-state index in [1.165, 1.54) is 12.2 Å². The molecule has 0 saturated heterocycles. The normalized spacial score (nSPS) is 10.8. The lowest BCUT2D eigenvalue weighted by atomic mass is 10.5. The number of hydrogen-bond donors (Lipinski definition) is 1. The number of thioether (sulfide) groups is 2. The molecule has 14 heavy (non-hydrogen) atoms. The Bertz CT molecular complexity index is 276. The van der Waals surface area contributed by atoms with E-state index in [9.17, 15) is 0 Å². The van der Waals surface area contributed by atoms with Crippen molar-refractivity contribution in [1.82, 2.24) is 9.55 Å². The van der Waals surface area contributed by atoms with Crippen molar-refractivity contribution < 1.29 is 5.11 Å². The van der Waals surface area contributed by atoms with Crippen LogP contribution in [0.3, 0.4) is 0 Å². The number of aromatic nitrogens is 2. The highest BCUT2D eigenvalue weighted by atomic mass is 32.2. The maximum Gasteiger partial charge on any atom is 0.167 e. The van der Waals surface area contributed by atoms with Crippen molar-refractivity contribution in [2.45, 2.75) is 18.2 Å². The van der Waals surface area contributed by atoms with Gasteiger partial charge in [0.25, 0.3) is 0 Å². The molecule has 1 aromatic heterocycles. The molecule has 0 aromatic carbocycles. The van der Waals surface area contributed by atoms with E-state index in [0.717, 1.165) is 16.6 Å². The molecule has 3 nitrogen and oxygen atoms in total. The molecule has 0 aliphatic rings. The largest absolute Gasteiger partial charge is 0.390 e. The van der Waals surface area contributed by atoms with Crippen LogP contribution < -0.4 is 0 Å². The lowest BCUT2D eigenvalue weighted by Crippen LogP contribution is -1.97. The summed E-state index contributed by atoms with van der Waals surface area (Å²) in [6.45, 7) is 0.0644. The van der Waals surface area contributed by atoms with E-state index in [0.29, 0.717) is 0 Å². The van der Waals surface area contributed by atoms with Crippen LogP contribution in [0.15, 0.2) is 11.4 Å². The van der Waals surface area contributed by atoms with Gasteiger partial charge in [-0.25, -0.2) is 4.98 Å². The quantitative estimate of drug-likeness (QED) is 0.599. The van der Waals surface area contributed by atoms with Crippen molar-refractivity contribution in [2.75, 3.05) is 17.8 Å². The fraction of sp³-hybridized carbons (Fsp3) is 0.667. The highest BCUT2D eigenvalue weighted by Crippen LogP contribution is 2.18. The van der Waals surface area contributed by atoms with Crippen molar-refractivity contribution in [3.8, 4) is 0 Å². The van der Waals surface area contributed by atoms with E-state index in [1.54, 1.807) is 18.0 Å². The second-order valence-electron chi connectivity index (χ2n) is 2.94. The molecule has 80 valence electrons. The first-order valence-electron chi connectivity index (χ1n) is 4.52. The number of imidazole rings is 1. The van der Waals surface area contributed by atoms with Crippen molar-refractivity contribution in [3.63, 3.8) is 0 Å². The van der Waals surface area contributed by atoms with Gasteiger partial charge in [-0.2, -0.15) is 11.8 Å². The molecule has 0 amide bonds. The molecule has 5 heteroatoms. The molecule has 1 heterocycles. The molecule has 1 N–H and O–H groups in total. The predicted molar refractivity (Wildman–Crippen MR) is 62.9 cm³/mol. The van der Waals surface area contributed by atoms with Crippen molar-refractivity contribution in [2.24, 2.45) is 7.05 Å². The van der Waals surface area contributed by atoms with E-state index in [2.05, 4.69) is 11.2 Å². The van der Waals surface area contributed by atoms with Crippen LogP contribution in [0.2, 0.25) is 0 Å². The lowest BCUT2D eigenvalue weighted by molar-refractivity contribution is 0.271. The molecule has 0 aliphatic carbocycles. The summed E-state index contributed by atoms with van der Waals surface area (Å²) in [6.07, 6.45) is 5.05. The molecule has 0 radical (unpaired) electrons. The zero-order valence-corrected chi connectivity index (χ0v) is 10.2. The Morgan fingerprint density at radius 1 is 1.50 bits per heavy atom. The Morgan fingerprint density at radius 3 is 2.86 bits per heavy atom. The smallest absolute Gasteiger partial charge is 0.167 e. The molecule has 1 rings (SSSR count). The third kappa shape index (κ3) is 3.22. The average Bonchev–Trinajstić information content (AvgIpc) is 2.55. The van der Waals surface area contributed by atoms with Gasteiger partial charge in [-0.05, 0) is 18.4 Å². The minimum absolute atomic E-state index is 0.0644. The number of hydrogen-bond acceptors (Lipinski definition) is 4. The van der Waals surface area contributed by atoms with Gasteiger partial charge >= 0.3 is 0 Å². The number of nitrogens with zero attached hydrogens (tertiary/aromatic N) is 2. The van der Waals surface area contributed by atoms with Gasteiger partial charge in [0.05, 0.1) is 18.5 Å². The summed E-state index contributed by atoms with van der Waals surface area (Å²) in [5.74, 6) is 2.29. The van der Waals surface area contributed by atoms with Crippen LogP contribution in [0.25, 0.3) is 0 Å². The molecular formula is C9H16N2OS2. The predicted octanol–water partition coefficient (Wildman–Crippen LogP) is 1.76. The third-order valence-electron chi connectivity index (χ3n) is 1.93. The Morgan fingerprint density at radius 2 is 2.29 bits per heavy atom. The van der Waals surface area contributed by atoms with E-state index < -0.39 is 0 Å². The summed E-state index contributed by atoms with van der Waals surface area (Å²) in [6, 6.07) is 0. The lowest BCUT2D eigenvalue weighted by Gasteiger charge is -2.02. The van der Waals surface area contributed by atoms with Crippen LogP contribution in [0.1, 0.15) is 12.1 Å². The van der Waals surface area contributed by atoms with E-state index in [1.807, 2.05) is 23.4 Å². The zero-order valence-electron chi connectivity index (χ0n) is 8.56. The molecule has 0 saturated carbocycles. The summed E-state index contributed by atoms with van der Waals surface area (Å²) in [5.41, 5.74) is 0.873. The summed E-state index contributed by atoms with van der Waals surface area (Å²) in [5, 5.41) is 9.96. The van der Waals surface area contributed by atoms with E-state index >= 15 is 0 Å². The molecule has 0 aliphatic heterocycles. The van der Waals surface area contributed by atoms with Gasteiger partial charge in [-0.15, -0.1) is 0 Å². The van der Waals surface area contributed by atoms with Gasteiger partial charge in [0.15, 0.2) is 5.16 Å². The van der Waals surface area contributed by atoms with E-state index in [-0.39, 0.29) is 6.61 Å². The number of aliphatic hydroxyl groups excluding tert-OH is 1. The fourth-order valence-corrected chi connectivity index (χ4v) is 2.60. The van der Waals surface area contributed by atoms with Crippen LogP contribution in [0, 0.1) is 0 Å². The summed E-state index contributed by atoms with van der Waals surface area (Å²) in [7, 11) is 1.94. The molecule has 0 unspecified atom stereocenters. The molecule has 1 aromatic rings. The first-order chi connectivity index (χ1) is 6.79. The van der Waals surface area contributed by atoms with E-state index in [4.69, 9.17) is 5.11 Å². The first-order valence-corrected chi connectivity index (χ1v) is 6.90. The maximum absolute atomic E-state index is 8.97. The van der Waals surface area contributed by atoms with Crippen LogP contribution in [-0.4, -0.2) is 32.4 Å². The third-order valence-corrected chi connectivity index (χ3v) is 3.75. The monoisotopic (exact) mass is 232 g/mol. The van der Waals surface area contributed by atoms with Gasteiger partial charge in [-0.3, -0.25) is 0 Å². The van der Waals surface area contributed by atoms with Crippen LogP contribution >= 0.6 is 23.5 Å². The van der Waals surface area contributed by atoms with Crippen LogP contribution in [-0.2, 0) is 13.7 Å². The van der Waals surface area contributed by atoms with Gasteiger partial charge in [0.1, 0.15) is 0 Å². The molecular weight excluding hydrogens is 216 g/mol. The average molecular weight is 232 g/mol. The van der Waals surface area contributed by atoms with Gasteiger partial charge in [-0.1, -0.05) is 11.8 Å². The second kappa shape index (κ2) is 6.37. The topological polar surface area (TPSA) is 38.1 Å². The van der Waals surface area contributed by atoms with Gasteiger partial charge in [0.2, 0.25) is 0 Å². The second-order valence-corrected chi connectivity index (χ2v) is 4.99. The number of rotatable bonds is 6.